The maximum Gasteiger partial charge on any atom is 0.260 e. The SMILES string of the molecule is Cc1ccc(C(O)=C2C(=O)Nc3cc(Cl)c(-c4ccc(C5(CO)CC5)cc4)cc32)s1. The van der Waals surface area contributed by atoms with E-state index in [-0.39, 0.29) is 29.3 Å². The highest BCUT2D eigenvalue weighted by atomic mass is 35.5. The molecule has 2 aromatic carbocycles. The second-order valence-electron chi connectivity index (χ2n) is 7.98. The molecule has 0 bridgehead atoms. The Balaban J connectivity index is 1.59. The first-order chi connectivity index (χ1) is 14.4. The quantitative estimate of drug-likeness (QED) is 0.358. The third-order valence-electron chi connectivity index (χ3n) is 6.03. The van der Waals surface area contributed by atoms with Crippen LogP contribution in [-0.4, -0.2) is 22.7 Å². The molecule has 1 fully saturated rings. The van der Waals surface area contributed by atoms with E-state index in [0.29, 0.717) is 21.2 Å². The molecule has 4 nitrogen and oxygen atoms in total. The van der Waals surface area contributed by atoms with E-state index >= 15 is 0 Å². The summed E-state index contributed by atoms with van der Waals surface area (Å²) in [6.07, 6.45) is 2.01. The Hall–Kier alpha value is -2.60. The van der Waals surface area contributed by atoms with Crippen LogP contribution in [0.25, 0.3) is 22.5 Å². The summed E-state index contributed by atoms with van der Waals surface area (Å²) in [5, 5.41) is 23.8. The summed E-state index contributed by atoms with van der Waals surface area (Å²) in [6.45, 7) is 2.12. The molecule has 0 unspecified atom stereocenters. The van der Waals surface area contributed by atoms with Gasteiger partial charge in [0.15, 0.2) is 0 Å². The van der Waals surface area contributed by atoms with Gasteiger partial charge in [-0.15, -0.1) is 11.3 Å². The van der Waals surface area contributed by atoms with E-state index < -0.39 is 0 Å². The first-order valence-electron chi connectivity index (χ1n) is 9.79. The highest BCUT2D eigenvalue weighted by molar-refractivity contribution is 7.13. The number of carbonyl (C=O) groups excluding carboxylic acids is 1. The van der Waals surface area contributed by atoms with Crippen LogP contribution in [0, 0.1) is 6.92 Å². The van der Waals surface area contributed by atoms with Crippen LogP contribution < -0.4 is 5.32 Å². The number of benzene rings is 2. The van der Waals surface area contributed by atoms with Gasteiger partial charge in [-0.25, -0.2) is 0 Å². The van der Waals surface area contributed by atoms with Crippen LogP contribution in [0.4, 0.5) is 5.69 Å². The Morgan fingerprint density at radius 2 is 1.87 bits per heavy atom. The van der Waals surface area contributed by atoms with Crippen molar-refractivity contribution in [2.75, 3.05) is 11.9 Å². The fraction of sp³-hybridized carbons (Fsp3) is 0.208. The average molecular weight is 438 g/mol. The number of hydrogen-bond donors (Lipinski definition) is 3. The summed E-state index contributed by atoms with van der Waals surface area (Å²) in [6, 6.07) is 15.4. The predicted octanol–water partition coefficient (Wildman–Crippen LogP) is 5.78. The summed E-state index contributed by atoms with van der Waals surface area (Å²) in [7, 11) is 0. The zero-order valence-electron chi connectivity index (χ0n) is 16.3. The molecule has 1 saturated carbocycles. The topological polar surface area (TPSA) is 69.6 Å². The first kappa shape index (κ1) is 19.4. The van der Waals surface area contributed by atoms with Crippen molar-refractivity contribution in [2.45, 2.75) is 25.2 Å². The lowest BCUT2D eigenvalue weighted by atomic mass is 9.93. The zero-order chi connectivity index (χ0) is 21.0. The number of rotatable bonds is 4. The number of aryl methyl sites for hydroxylation is 1. The molecule has 30 heavy (non-hydrogen) atoms. The molecule has 3 aromatic rings. The number of carbonyl (C=O) groups is 1. The van der Waals surface area contributed by atoms with Crippen molar-refractivity contribution in [1.29, 1.82) is 0 Å². The van der Waals surface area contributed by atoms with Gasteiger partial charge in [-0.05, 0) is 55.2 Å². The second-order valence-corrected chi connectivity index (χ2v) is 9.68. The third-order valence-corrected chi connectivity index (χ3v) is 7.35. The molecule has 5 rings (SSSR count). The molecule has 2 aliphatic rings. The molecule has 0 spiro atoms. The van der Waals surface area contributed by atoms with Gasteiger partial charge >= 0.3 is 0 Å². The largest absolute Gasteiger partial charge is 0.506 e. The molecule has 0 saturated heterocycles. The molecule has 3 N–H and O–H groups in total. The van der Waals surface area contributed by atoms with Crippen molar-refractivity contribution >= 4 is 45.9 Å². The number of aliphatic hydroxyl groups excluding tert-OH is 2. The molecule has 0 radical (unpaired) electrons. The zero-order valence-corrected chi connectivity index (χ0v) is 17.9. The van der Waals surface area contributed by atoms with Crippen molar-refractivity contribution < 1.29 is 15.0 Å². The summed E-state index contributed by atoms with van der Waals surface area (Å²) < 4.78 is 0. The fourth-order valence-corrected chi connectivity index (χ4v) is 5.11. The smallest absolute Gasteiger partial charge is 0.260 e. The molecule has 2 heterocycles. The van der Waals surface area contributed by atoms with E-state index in [1.165, 1.54) is 11.3 Å². The molecular formula is C24H20ClNO3S. The maximum absolute atomic E-state index is 12.6. The molecule has 1 aliphatic carbocycles. The van der Waals surface area contributed by atoms with Crippen molar-refractivity contribution in [3.05, 3.63) is 74.4 Å². The van der Waals surface area contributed by atoms with Crippen molar-refractivity contribution in [1.82, 2.24) is 0 Å². The lowest BCUT2D eigenvalue weighted by molar-refractivity contribution is -0.110. The van der Waals surface area contributed by atoms with Crippen LogP contribution in [0.15, 0.2) is 48.5 Å². The number of halogens is 1. The van der Waals surface area contributed by atoms with Crippen LogP contribution in [-0.2, 0) is 10.2 Å². The van der Waals surface area contributed by atoms with Crippen LogP contribution >= 0.6 is 22.9 Å². The molecule has 0 atom stereocenters. The lowest BCUT2D eigenvalue weighted by Crippen LogP contribution is -2.11. The number of fused-ring (bicyclic) bond motifs is 1. The lowest BCUT2D eigenvalue weighted by Gasteiger charge is -2.14. The van der Waals surface area contributed by atoms with Crippen molar-refractivity contribution in [2.24, 2.45) is 0 Å². The minimum atomic E-state index is -0.337. The number of thiophene rings is 1. The maximum atomic E-state index is 12.6. The molecule has 1 aromatic heterocycles. The van der Waals surface area contributed by atoms with Gasteiger partial charge in [-0.3, -0.25) is 4.79 Å². The van der Waals surface area contributed by atoms with Gasteiger partial charge in [0.05, 0.1) is 27.8 Å². The molecular weight excluding hydrogens is 418 g/mol. The van der Waals surface area contributed by atoms with Gasteiger partial charge < -0.3 is 15.5 Å². The highest BCUT2D eigenvalue weighted by Crippen LogP contribution is 2.48. The van der Waals surface area contributed by atoms with E-state index in [1.807, 2.05) is 49.4 Å². The predicted molar refractivity (Wildman–Crippen MR) is 122 cm³/mol. The van der Waals surface area contributed by atoms with Gasteiger partial charge in [0.1, 0.15) is 5.76 Å². The number of amides is 1. The van der Waals surface area contributed by atoms with Crippen LogP contribution in [0.1, 0.15) is 33.7 Å². The van der Waals surface area contributed by atoms with Gasteiger partial charge in [-0.1, -0.05) is 35.9 Å². The third kappa shape index (κ3) is 3.05. The Morgan fingerprint density at radius 3 is 2.47 bits per heavy atom. The van der Waals surface area contributed by atoms with Crippen molar-refractivity contribution in [3.63, 3.8) is 0 Å². The number of anilines is 1. The van der Waals surface area contributed by atoms with Gasteiger partial charge in [0, 0.05) is 21.4 Å². The van der Waals surface area contributed by atoms with Gasteiger partial charge in [0.25, 0.3) is 5.91 Å². The van der Waals surface area contributed by atoms with Crippen LogP contribution in [0.2, 0.25) is 5.02 Å². The standard InChI is InChI=1S/C24H20ClNO3S/c1-13-2-7-20(30-13)22(28)21-17-10-16(18(25)11-19(17)26-23(21)29)14-3-5-15(6-4-14)24(12-27)8-9-24/h2-7,10-11,27-28H,8-9,12H2,1H3,(H,26,29). The first-order valence-corrected chi connectivity index (χ1v) is 11.0. The van der Waals surface area contributed by atoms with Crippen molar-refractivity contribution in [3.8, 4) is 11.1 Å². The highest BCUT2D eigenvalue weighted by Gasteiger charge is 2.43. The Labute approximate surface area is 183 Å². The molecule has 1 amide bonds. The summed E-state index contributed by atoms with van der Waals surface area (Å²) in [5.41, 5.74) is 4.26. The van der Waals surface area contributed by atoms with Crippen LogP contribution in [0.5, 0.6) is 0 Å². The minimum Gasteiger partial charge on any atom is -0.506 e. The summed E-state index contributed by atoms with van der Waals surface area (Å²) in [5.74, 6) is -0.359. The fourth-order valence-electron chi connectivity index (χ4n) is 4.02. The Kier molecular flexibility index (Phi) is 4.51. The van der Waals surface area contributed by atoms with E-state index in [0.717, 1.165) is 34.4 Å². The molecule has 152 valence electrons. The number of hydrogen-bond acceptors (Lipinski definition) is 4. The Morgan fingerprint density at radius 1 is 1.13 bits per heavy atom. The summed E-state index contributed by atoms with van der Waals surface area (Å²) >= 11 is 7.98. The molecule has 6 heteroatoms. The monoisotopic (exact) mass is 437 g/mol. The molecule has 1 aliphatic heterocycles. The van der Waals surface area contributed by atoms with E-state index in [2.05, 4.69) is 5.32 Å². The Bertz CT molecular complexity index is 1210. The van der Waals surface area contributed by atoms with Gasteiger partial charge in [0.2, 0.25) is 0 Å². The van der Waals surface area contributed by atoms with Gasteiger partial charge in [-0.2, -0.15) is 0 Å². The second kappa shape index (κ2) is 6.98. The van der Waals surface area contributed by atoms with Crippen LogP contribution in [0.3, 0.4) is 0 Å². The average Bonchev–Trinajstić information content (AvgIpc) is 3.32. The van der Waals surface area contributed by atoms with E-state index in [1.54, 1.807) is 6.07 Å². The van der Waals surface area contributed by atoms with E-state index in [9.17, 15) is 15.0 Å². The van der Waals surface area contributed by atoms with E-state index in [4.69, 9.17) is 11.6 Å². The number of aliphatic hydroxyl groups is 2. The number of nitrogens with one attached hydrogen (secondary N) is 1. The normalized spacial score (nSPS) is 18.2. The summed E-state index contributed by atoms with van der Waals surface area (Å²) in [4.78, 5) is 14.3. The minimum absolute atomic E-state index is 0.0217.